The summed E-state index contributed by atoms with van der Waals surface area (Å²) in [4.78, 5) is 4.61. The molecular formula is C32H33NO2Si. The van der Waals surface area contributed by atoms with Gasteiger partial charge in [-0.05, 0) is 64.0 Å². The number of benzene rings is 3. The second-order valence-corrected chi connectivity index (χ2v) is 14.9. The lowest BCUT2D eigenvalue weighted by Crippen LogP contribution is -2.66. The molecule has 0 bridgehead atoms. The van der Waals surface area contributed by atoms with Crippen molar-refractivity contribution in [2.75, 3.05) is 6.61 Å². The lowest BCUT2D eigenvalue weighted by atomic mass is 9.87. The molecule has 3 aromatic carbocycles. The van der Waals surface area contributed by atoms with Gasteiger partial charge in [-0.1, -0.05) is 93.3 Å². The largest absolute Gasteiger partial charge is 0.396 e. The van der Waals surface area contributed by atoms with Crippen molar-refractivity contribution in [3.05, 3.63) is 102 Å². The summed E-state index contributed by atoms with van der Waals surface area (Å²) in [6, 6.07) is 27.4. The molecule has 0 saturated carbocycles. The van der Waals surface area contributed by atoms with Crippen molar-refractivity contribution in [3.63, 3.8) is 0 Å². The third kappa shape index (κ3) is 4.51. The van der Waals surface area contributed by atoms with Crippen LogP contribution in [0.4, 0.5) is 0 Å². The van der Waals surface area contributed by atoms with Gasteiger partial charge >= 0.3 is 0 Å². The highest BCUT2D eigenvalue weighted by Gasteiger charge is 2.50. The maximum absolute atomic E-state index is 10.7. The molecule has 0 aliphatic heterocycles. The van der Waals surface area contributed by atoms with Crippen LogP contribution in [-0.2, 0) is 10.8 Å². The van der Waals surface area contributed by atoms with Gasteiger partial charge in [0.25, 0.3) is 8.32 Å². The van der Waals surface area contributed by atoms with Gasteiger partial charge in [0, 0.05) is 17.1 Å². The number of pyridine rings is 1. The fourth-order valence-electron chi connectivity index (χ4n) is 5.60. The second kappa shape index (κ2) is 10.0. The molecule has 5 rings (SSSR count). The molecule has 1 heterocycles. The topological polar surface area (TPSA) is 42.4 Å². The number of aromatic nitrogens is 1. The van der Waals surface area contributed by atoms with Crippen LogP contribution in [0.3, 0.4) is 0 Å². The third-order valence-corrected chi connectivity index (χ3v) is 12.2. The standard InChI is InChI=1S/C32H33NO2Si/c1-32(2,3)36(26-14-6-4-7-15-26,27-16-8-5-9-17-27)35-21-11-12-24-19-20-29-28(22-24)31-25(23-33-29)13-10-18-30(31)34/h4-9,14-17,19-20,22-23,30,34H,10,13,18,21H2,1-3H3. The molecule has 1 unspecified atom stereocenters. The van der Waals surface area contributed by atoms with Crippen LogP contribution in [0.1, 0.15) is 56.4 Å². The Hall–Kier alpha value is -3.23. The highest BCUT2D eigenvalue weighted by atomic mass is 28.4. The molecule has 1 aliphatic carbocycles. The lowest BCUT2D eigenvalue weighted by Gasteiger charge is -2.42. The minimum Gasteiger partial charge on any atom is -0.396 e. The van der Waals surface area contributed by atoms with Crippen molar-refractivity contribution in [2.45, 2.75) is 51.2 Å². The monoisotopic (exact) mass is 491 g/mol. The number of rotatable bonds is 4. The summed E-state index contributed by atoms with van der Waals surface area (Å²) in [5.41, 5.74) is 4.00. The van der Waals surface area contributed by atoms with Gasteiger partial charge in [0.15, 0.2) is 0 Å². The minimum atomic E-state index is -2.61. The number of fused-ring (bicyclic) bond motifs is 3. The zero-order valence-electron chi connectivity index (χ0n) is 21.3. The Bertz CT molecular complexity index is 1380. The quantitative estimate of drug-likeness (QED) is 0.301. The van der Waals surface area contributed by atoms with Gasteiger partial charge in [-0.2, -0.15) is 0 Å². The SMILES string of the molecule is CC(C)(C)[Si](OCC#Cc1ccc2ncc3c(c2c1)C(O)CCC3)(c1ccccc1)c1ccccc1. The van der Waals surface area contributed by atoms with Crippen LogP contribution in [0.2, 0.25) is 5.04 Å². The summed E-state index contributed by atoms with van der Waals surface area (Å²) in [6.45, 7) is 7.17. The predicted molar refractivity (Wildman–Crippen MR) is 150 cm³/mol. The van der Waals surface area contributed by atoms with E-state index in [1.54, 1.807) is 0 Å². The molecular weight excluding hydrogens is 458 g/mol. The van der Waals surface area contributed by atoms with E-state index in [4.69, 9.17) is 4.43 Å². The van der Waals surface area contributed by atoms with Gasteiger partial charge in [0.1, 0.15) is 0 Å². The zero-order valence-corrected chi connectivity index (χ0v) is 22.3. The summed E-state index contributed by atoms with van der Waals surface area (Å²) in [5.74, 6) is 6.63. The fraction of sp³-hybridized carbons (Fsp3) is 0.281. The van der Waals surface area contributed by atoms with Crippen molar-refractivity contribution < 1.29 is 9.53 Å². The van der Waals surface area contributed by atoms with E-state index in [2.05, 4.69) is 104 Å². The van der Waals surface area contributed by atoms with Crippen molar-refractivity contribution in [2.24, 2.45) is 0 Å². The molecule has 0 radical (unpaired) electrons. The van der Waals surface area contributed by atoms with Crippen molar-refractivity contribution >= 4 is 29.6 Å². The van der Waals surface area contributed by atoms with Gasteiger partial charge in [-0.3, -0.25) is 4.98 Å². The fourth-order valence-corrected chi connectivity index (χ4v) is 10.0. The molecule has 4 heteroatoms. The van der Waals surface area contributed by atoms with Crippen LogP contribution in [0.5, 0.6) is 0 Å². The molecule has 1 aliphatic rings. The predicted octanol–water partition coefficient (Wildman–Crippen LogP) is 5.53. The van der Waals surface area contributed by atoms with E-state index in [0.717, 1.165) is 46.9 Å². The minimum absolute atomic E-state index is 0.0821. The summed E-state index contributed by atoms with van der Waals surface area (Å²) in [7, 11) is -2.61. The summed E-state index contributed by atoms with van der Waals surface area (Å²) in [5, 5.41) is 14.1. The molecule has 36 heavy (non-hydrogen) atoms. The molecule has 0 saturated heterocycles. The van der Waals surface area contributed by atoms with Crippen LogP contribution in [0, 0.1) is 11.8 Å². The summed E-state index contributed by atoms with van der Waals surface area (Å²) in [6.07, 6.45) is 4.26. The summed E-state index contributed by atoms with van der Waals surface area (Å²) >= 11 is 0. The van der Waals surface area contributed by atoms with Gasteiger partial charge < -0.3 is 9.53 Å². The van der Waals surface area contributed by atoms with E-state index in [0.29, 0.717) is 6.61 Å². The van der Waals surface area contributed by atoms with Crippen molar-refractivity contribution in [3.8, 4) is 11.8 Å². The molecule has 0 spiro atoms. The number of nitrogens with zero attached hydrogens (tertiary/aromatic N) is 1. The first-order valence-electron chi connectivity index (χ1n) is 12.7. The number of aryl methyl sites for hydroxylation is 1. The Kier molecular flexibility index (Phi) is 6.81. The third-order valence-electron chi connectivity index (χ3n) is 7.26. The number of aliphatic hydroxyl groups is 1. The molecule has 0 fully saturated rings. The normalized spacial score (nSPS) is 15.7. The van der Waals surface area contributed by atoms with Gasteiger partial charge in [0.05, 0.1) is 18.2 Å². The average molecular weight is 492 g/mol. The number of hydrogen-bond acceptors (Lipinski definition) is 3. The van der Waals surface area contributed by atoms with Crippen LogP contribution < -0.4 is 10.4 Å². The molecule has 1 aromatic heterocycles. The summed E-state index contributed by atoms with van der Waals surface area (Å²) < 4.78 is 6.90. The van der Waals surface area contributed by atoms with Crippen LogP contribution in [0.15, 0.2) is 85.1 Å². The van der Waals surface area contributed by atoms with Gasteiger partial charge in [-0.15, -0.1) is 0 Å². The first kappa shape index (κ1) is 24.5. The van der Waals surface area contributed by atoms with E-state index < -0.39 is 14.4 Å². The lowest BCUT2D eigenvalue weighted by molar-refractivity contribution is 0.158. The first-order chi connectivity index (χ1) is 17.4. The molecule has 3 nitrogen and oxygen atoms in total. The van der Waals surface area contributed by atoms with Gasteiger partial charge in [0.2, 0.25) is 0 Å². The molecule has 4 aromatic rings. The van der Waals surface area contributed by atoms with Crippen LogP contribution in [-0.4, -0.2) is 25.0 Å². The van der Waals surface area contributed by atoms with Crippen molar-refractivity contribution in [1.82, 2.24) is 4.98 Å². The van der Waals surface area contributed by atoms with E-state index >= 15 is 0 Å². The van der Waals surface area contributed by atoms with Crippen LogP contribution in [0.25, 0.3) is 10.9 Å². The smallest absolute Gasteiger partial charge is 0.262 e. The van der Waals surface area contributed by atoms with E-state index in [-0.39, 0.29) is 5.04 Å². The zero-order chi connectivity index (χ0) is 25.2. The van der Waals surface area contributed by atoms with Crippen molar-refractivity contribution in [1.29, 1.82) is 0 Å². The molecule has 1 N–H and O–H groups in total. The van der Waals surface area contributed by atoms with E-state index in [1.807, 2.05) is 18.3 Å². The first-order valence-corrected chi connectivity index (χ1v) is 14.6. The van der Waals surface area contributed by atoms with Crippen LogP contribution >= 0.6 is 0 Å². The molecule has 0 amide bonds. The molecule has 1 atom stereocenters. The maximum Gasteiger partial charge on any atom is 0.262 e. The van der Waals surface area contributed by atoms with E-state index in [9.17, 15) is 5.11 Å². The molecule has 182 valence electrons. The van der Waals surface area contributed by atoms with Gasteiger partial charge in [-0.25, -0.2) is 0 Å². The highest BCUT2D eigenvalue weighted by molar-refractivity contribution is 6.99. The maximum atomic E-state index is 10.7. The Labute approximate surface area is 215 Å². The number of hydrogen-bond donors (Lipinski definition) is 1. The van der Waals surface area contributed by atoms with E-state index in [1.165, 1.54) is 10.4 Å². The Balaban J connectivity index is 1.49. The number of aliphatic hydroxyl groups excluding tert-OH is 1. The Morgan fingerprint density at radius 3 is 2.28 bits per heavy atom. The Morgan fingerprint density at radius 2 is 1.64 bits per heavy atom. The average Bonchev–Trinajstić information content (AvgIpc) is 2.89. The second-order valence-electron chi connectivity index (χ2n) is 10.6. The highest BCUT2D eigenvalue weighted by Crippen LogP contribution is 2.37. The Morgan fingerprint density at radius 1 is 0.972 bits per heavy atom.